The highest BCUT2D eigenvalue weighted by Gasteiger charge is 2.50. The molecule has 1 unspecified atom stereocenters. The van der Waals surface area contributed by atoms with Crippen LogP contribution < -0.4 is 47.7 Å². The fraction of sp³-hybridized carbons (Fsp3) is 0.540. The molecule has 498 valence electrons. The minimum Gasteiger partial charge on any atom is -0.504 e. The molecule has 1 aliphatic carbocycles. The van der Waals surface area contributed by atoms with E-state index in [9.17, 15) is 69.3 Å². The van der Waals surface area contributed by atoms with Crippen molar-refractivity contribution in [1.29, 1.82) is 0 Å². The van der Waals surface area contributed by atoms with Gasteiger partial charge in [-0.25, -0.2) is 0 Å². The van der Waals surface area contributed by atoms with E-state index in [0.29, 0.717) is 21.6 Å². The van der Waals surface area contributed by atoms with E-state index in [-0.39, 0.29) is 55.3 Å². The number of hydrogen-bond acceptors (Lipinski definition) is 22. The smallest absolute Gasteiger partial charge is 0.251 e. The minimum atomic E-state index is -2.04. The number of carbonyl (C=O) groups is 7. The number of aliphatic hydroxyl groups is 6. The molecule has 13 atom stereocenters. The Bertz CT molecular complexity index is 3270. The lowest BCUT2D eigenvalue weighted by atomic mass is 9.90. The number of amides is 7. The van der Waals surface area contributed by atoms with E-state index in [2.05, 4.69) is 65.3 Å². The monoisotopic (exact) mass is 1300 g/mol. The van der Waals surface area contributed by atoms with Crippen molar-refractivity contribution in [2.75, 3.05) is 70.4 Å². The molecule has 28 nitrogen and oxygen atoms in total. The van der Waals surface area contributed by atoms with Gasteiger partial charge in [-0.15, -0.1) is 10.2 Å². The van der Waals surface area contributed by atoms with Crippen LogP contribution in [0, 0.1) is 5.92 Å². The second-order valence-corrected chi connectivity index (χ2v) is 25.5. The highest BCUT2D eigenvalue weighted by molar-refractivity contribution is 7.17. The molecule has 92 heavy (non-hydrogen) atoms. The zero-order valence-electron chi connectivity index (χ0n) is 51.5. The Labute approximate surface area is 536 Å². The zero-order valence-corrected chi connectivity index (χ0v) is 52.3. The van der Waals surface area contributed by atoms with Crippen LogP contribution in [0.1, 0.15) is 74.7 Å². The number of fused-ring (bicyclic) bond motifs is 2. The number of aromatic hydroxyl groups is 1. The normalized spacial score (nSPS) is 27.2. The third-order valence-corrected chi connectivity index (χ3v) is 18.9. The van der Waals surface area contributed by atoms with Gasteiger partial charge in [-0.1, -0.05) is 48.6 Å². The quantitative estimate of drug-likeness (QED) is 0.0531. The number of anilines is 1. The van der Waals surface area contributed by atoms with E-state index in [0.717, 1.165) is 67.0 Å². The largest absolute Gasteiger partial charge is 0.504 e. The number of nitrogens with zero attached hydrogens (tertiary/aromatic N) is 6. The molecule has 29 heteroatoms. The van der Waals surface area contributed by atoms with Gasteiger partial charge in [0, 0.05) is 106 Å². The Kier molecular flexibility index (Phi) is 23.0. The first kappa shape index (κ1) is 68.7. The number of phenolic OH excluding ortho intramolecular Hbond substituents is 1. The number of piperazine rings is 1. The molecule has 5 aliphatic rings. The molecule has 16 N–H and O–H groups in total. The average Bonchev–Trinajstić information content (AvgIpc) is 1.63. The first-order valence-electron chi connectivity index (χ1n) is 31.3. The van der Waals surface area contributed by atoms with Gasteiger partial charge >= 0.3 is 0 Å². The predicted molar refractivity (Wildman–Crippen MR) is 337 cm³/mol. The Hall–Kier alpha value is -7.71. The van der Waals surface area contributed by atoms with Gasteiger partial charge in [0.2, 0.25) is 35.4 Å². The predicted octanol–water partition coefficient (Wildman–Crippen LogP) is -2.17. The number of nitrogens with one attached hydrogen (secondary N) is 5. The average molecular weight is 1300 g/mol. The van der Waals surface area contributed by atoms with Crippen LogP contribution in [0.2, 0.25) is 0 Å². The molecule has 0 spiro atoms. The molecule has 5 fully saturated rings. The Morgan fingerprint density at radius 1 is 0.750 bits per heavy atom. The zero-order chi connectivity index (χ0) is 66.1. The number of ether oxygens (including phenoxy) is 1. The van der Waals surface area contributed by atoms with E-state index in [1.165, 1.54) is 67.0 Å². The molecule has 4 aliphatic heterocycles. The number of β-amino-alcohol motifs (C(OH)–C–C–N with tert-alkyl or cyclic N) is 1. The van der Waals surface area contributed by atoms with Gasteiger partial charge < -0.3 is 93.2 Å². The second kappa shape index (κ2) is 30.8. The maximum atomic E-state index is 14.7. The van der Waals surface area contributed by atoms with Crippen molar-refractivity contribution < 1.29 is 74.0 Å². The van der Waals surface area contributed by atoms with Crippen LogP contribution in [0.25, 0.3) is 21.1 Å². The minimum absolute atomic E-state index is 0.00395. The number of rotatable bonds is 16. The molecular weight excluding hydrogens is 1210 g/mol. The fourth-order valence-corrected chi connectivity index (χ4v) is 13.4. The Balaban J connectivity index is 0.950. The van der Waals surface area contributed by atoms with Crippen LogP contribution in [0.3, 0.4) is 0 Å². The molecular formula is C63H85N13O15S. The summed E-state index contributed by atoms with van der Waals surface area (Å²) >= 11 is 1.35. The van der Waals surface area contributed by atoms with E-state index < -0.39 is 152 Å². The number of aromatic nitrogens is 2. The summed E-state index contributed by atoms with van der Waals surface area (Å²) in [5.41, 5.74) is 15.7. The summed E-state index contributed by atoms with van der Waals surface area (Å²) in [6, 6.07) is 8.13. The summed E-state index contributed by atoms with van der Waals surface area (Å²) < 4.78 is 5.52. The van der Waals surface area contributed by atoms with Gasteiger partial charge in [-0.3, -0.25) is 38.5 Å². The van der Waals surface area contributed by atoms with Crippen LogP contribution in [-0.4, -0.2) is 246 Å². The second-order valence-electron chi connectivity index (χ2n) is 24.6. The molecule has 3 aromatic carbocycles. The van der Waals surface area contributed by atoms with Crippen molar-refractivity contribution >= 4 is 58.4 Å². The summed E-state index contributed by atoms with van der Waals surface area (Å²) in [6.07, 6.45) is -7.29. The summed E-state index contributed by atoms with van der Waals surface area (Å²) in [5, 5.41) is 102. The van der Waals surface area contributed by atoms with Crippen LogP contribution in [0.15, 0.2) is 78.9 Å². The van der Waals surface area contributed by atoms with Crippen molar-refractivity contribution in [3.63, 3.8) is 0 Å². The number of aliphatic hydroxyl groups excluding tert-OH is 6. The molecule has 4 aromatic rings. The van der Waals surface area contributed by atoms with E-state index >= 15 is 0 Å². The standard InChI is InChI=1S/C63H85N13O15S/c1-33-4-13-40(14-5-33)73-21-23-74(24-22-73)41-15-11-39(12-16-41)61-72-71-60(92-61)38-9-7-37(8-10-38)55(84)67-44-28-42(78)30-66-59(88)53-54(83)34(2)31-76(53)63(90)52(47(81)18-19-64)70-58(87)51(48(82)26-36-6-17-46(80)49(27-36)91-25-20-65)69-57(86)45-29-43(79)32-75(45)62(89)50(35(3)77)68-56(44)85/h6-12,15-17,27,34-35,40,42-45,47-48,50-54,77-83H,1,4-5,13-14,18-26,28-32,64-65H2,2-3H3,(H,66,88)(H,67,84)(H,68,85)(H,69,86)(H,70,87)/t34-,35+,42+,43+,44?,45-,47+,48+,50-,51-,52-,53-,54-/m0/s1. The van der Waals surface area contributed by atoms with E-state index in [1.807, 2.05) is 12.1 Å². The van der Waals surface area contributed by atoms with Crippen LogP contribution in [0.5, 0.6) is 11.5 Å². The lowest BCUT2D eigenvalue weighted by Gasteiger charge is -2.41. The molecule has 1 saturated carbocycles. The third-order valence-electron chi connectivity index (χ3n) is 17.8. The number of hydrogen-bond donors (Lipinski definition) is 14. The number of nitrogens with two attached hydrogens (primary N) is 2. The molecule has 0 bridgehead atoms. The van der Waals surface area contributed by atoms with Gasteiger partial charge in [0.25, 0.3) is 5.91 Å². The van der Waals surface area contributed by atoms with Gasteiger partial charge in [-0.05, 0) is 99.7 Å². The summed E-state index contributed by atoms with van der Waals surface area (Å²) in [5.74, 6) is -8.62. The maximum absolute atomic E-state index is 14.7. The van der Waals surface area contributed by atoms with Gasteiger partial charge in [0.1, 0.15) is 52.9 Å². The summed E-state index contributed by atoms with van der Waals surface area (Å²) in [4.78, 5) is 108. The fourth-order valence-electron chi connectivity index (χ4n) is 12.6. The van der Waals surface area contributed by atoms with Crippen molar-refractivity contribution in [1.82, 2.24) is 51.5 Å². The summed E-state index contributed by atoms with van der Waals surface area (Å²) in [6.45, 7) is 9.14. The lowest BCUT2D eigenvalue weighted by molar-refractivity contribution is -0.147. The van der Waals surface area contributed by atoms with E-state index in [1.54, 1.807) is 12.1 Å². The Morgan fingerprint density at radius 2 is 1.38 bits per heavy atom. The van der Waals surface area contributed by atoms with Crippen LogP contribution >= 0.6 is 11.3 Å². The van der Waals surface area contributed by atoms with Gasteiger partial charge in [0.05, 0.1) is 36.6 Å². The SMILES string of the molecule is C=C1CCC(N2CCN(c3ccc(-c4nnc(-c5ccc(C(=O)NC6C[C@@H](O)CNC(=O)[C@@H]7[C@@H](O)[C@@H](C)CN7C(=O)[C@H]([C@H](O)CCN)NC(=O)[C@H]([C@H](O)Cc7ccc(O)c(OCCN)c7)NC(=O)[C@@H]7C[C@@H](O)CN7C(=O)[C@H]([C@@H](C)O)NC6=O)cc5)s4)cc3)CC2)CC1. The number of carbonyl (C=O) groups excluding carboxylic acids is 7. The Morgan fingerprint density at radius 3 is 2.02 bits per heavy atom. The first-order chi connectivity index (χ1) is 44.0. The number of phenols is 1. The lowest BCUT2D eigenvalue weighted by Crippen LogP contribution is -2.64. The molecule has 7 amide bonds. The van der Waals surface area contributed by atoms with Gasteiger partial charge in [-0.2, -0.15) is 0 Å². The van der Waals surface area contributed by atoms with Crippen LogP contribution in [-0.2, 0) is 35.2 Å². The molecule has 1 aromatic heterocycles. The molecule has 5 heterocycles. The van der Waals surface area contributed by atoms with Crippen molar-refractivity contribution in [3.05, 3.63) is 90.0 Å². The molecule has 4 saturated heterocycles. The summed E-state index contributed by atoms with van der Waals surface area (Å²) in [7, 11) is 0. The van der Waals surface area contributed by atoms with Crippen molar-refractivity contribution in [2.45, 2.75) is 144 Å². The maximum Gasteiger partial charge on any atom is 0.251 e. The third kappa shape index (κ3) is 16.4. The number of benzene rings is 3. The van der Waals surface area contributed by atoms with Crippen LogP contribution in [0.4, 0.5) is 5.69 Å². The topological polar surface area (TPSA) is 421 Å². The highest BCUT2D eigenvalue weighted by Crippen LogP contribution is 2.34. The highest BCUT2D eigenvalue weighted by atomic mass is 32.1. The first-order valence-corrected chi connectivity index (χ1v) is 32.1. The van der Waals surface area contributed by atoms with Gasteiger partial charge in [0.15, 0.2) is 11.5 Å². The van der Waals surface area contributed by atoms with Crippen molar-refractivity contribution in [2.24, 2.45) is 17.4 Å². The van der Waals surface area contributed by atoms with Crippen molar-refractivity contribution in [3.8, 4) is 32.6 Å². The number of allylic oxidation sites excluding steroid dienone is 1. The molecule has 9 rings (SSSR count). The van der Waals surface area contributed by atoms with E-state index in [4.69, 9.17) is 16.2 Å². The molecule has 0 radical (unpaired) electrons.